The Kier molecular flexibility index (Phi) is 32.0. The number of nitrogens with zero attached hydrogens (tertiary/aromatic N) is 14. The Morgan fingerprint density at radius 2 is 0.574 bits per heavy atom. The molecular formula is C105H100Cl8N18O10. The predicted molar refractivity (Wildman–Crippen MR) is 553 cm³/mol. The number of aromatic nitrogens is 12. The Morgan fingerprint density at radius 1 is 0.340 bits per heavy atom. The average Bonchev–Trinajstić information content (AvgIpc) is 1.69. The van der Waals surface area contributed by atoms with Crippen LogP contribution in [0.25, 0.3) is 88.6 Å². The Labute approximate surface area is 853 Å². The van der Waals surface area contributed by atoms with Gasteiger partial charge in [-0.15, -0.1) is 0 Å². The number of hydrogen-bond donors (Lipinski definition) is 5. The third-order valence-corrected chi connectivity index (χ3v) is 27.9. The van der Waals surface area contributed by atoms with Crippen LogP contribution in [0.4, 0.5) is 0 Å². The molecule has 726 valence electrons. The third-order valence-electron chi connectivity index (χ3n) is 25.5. The van der Waals surface area contributed by atoms with E-state index >= 15 is 0 Å². The highest BCUT2D eigenvalue weighted by Gasteiger charge is 2.30. The van der Waals surface area contributed by atoms with Gasteiger partial charge in [0.15, 0.2) is 0 Å². The molecule has 0 spiro atoms. The van der Waals surface area contributed by atoms with Gasteiger partial charge in [0.2, 0.25) is 0 Å². The lowest BCUT2D eigenvalue weighted by Gasteiger charge is -2.35. The number of morpholine rings is 1. The Morgan fingerprint density at radius 3 is 0.823 bits per heavy atom. The predicted octanol–water partition coefficient (Wildman–Crippen LogP) is 22.9. The fourth-order valence-corrected chi connectivity index (χ4v) is 20.4. The number of piperidine rings is 2. The number of fused-ring (bicyclic) bond motifs is 4. The van der Waals surface area contributed by atoms with Crippen molar-refractivity contribution in [2.75, 3.05) is 99.8 Å². The lowest BCUT2D eigenvalue weighted by atomic mass is 10.0. The topological polar surface area (TPSA) is 320 Å². The molecule has 12 heterocycles. The summed E-state index contributed by atoms with van der Waals surface area (Å²) < 4.78 is 30.0. The second-order valence-corrected chi connectivity index (χ2v) is 38.3. The number of rotatable bonds is 21. The van der Waals surface area contributed by atoms with Crippen LogP contribution in [-0.4, -0.2) is 231 Å². The molecule has 5 N–H and O–H groups in total. The van der Waals surface area contributed by atoms with Crippen molar-refractivity contribution in [3.63, 3.8) is 0 Å². The first kappa shape index (κ1) is 100. The molecule has 0 aliphatic carbocycles. The highest BCUT2D eigenvalue weighted by molar-refractivity contribution is 6.37. The highest BCUT2D eigenvalue weighted by atomic mass is 35.5. The van der Waals surface area contributed by atoms with Crippen LogP contribution in [0.15, 0.2) is 219 Å². The molecule has 28 nitrogen and oxygen atoms in total. The summed E-state index contributed by atoms with van der Waals surface area (Å²) in [5.74, 6) is 2.77. The van der Waals surface area contributed by atoms with Crippen LogP contribution in [0.1, 0.15) is 141 Å². The van der Waals surface area contributed by atoms with Crippen LogP contribution in [0, 0.1) is 0 Å². The normalized spacial score (nSPS) is 15.2. The fourth-order valence-electron chi connectivity index (χ4n) is 17.7. The number of halogens is 8. The van der Waals surface area contributed by atoms with Gasteiger partial charge in [0.1, 0.15) is 70.2 Å². The summed E-state index contributed by atoms with van der Waals surface area (Å²) in [4.78, 5) is 79.4. The number of aromatic amines is 4. The van der Waals surface area contributed by atoms with Gasteiger partial charge in [0, 0.05) is 209 Å². The van der Waals surface area contributed by atoms with Gasteiger partial charge in [0.25, 0.3) is 23.6 Å². The van der Waals surface area contributed by atoms with Crippen molar-refractivity contribution in [2.24, 2.45) is 0 Å². The summed E-state index contributed by atoms with van der Waals surface area (Å²) in [5.41, 5.74) is 15.6. The molecule has 4 fully saturated rings. The van der Waals surface area contributed by atoms with E-state index in [9.17, 15) is 24.3 Å². The van der Waals surface area contributed by atoms with Crippen molar-refractivity contribution in [1.29, 1.82) is 0 Å². The number of H-pyrrole nitrogens is 4. The van der Waals surface area contributed by atoms with E-state index in [1.807, 2.05) is 212 Å². The van der Waals surface area contributed by atoms with Crippen molar-refractivity contribution >= 4 is 160 Å². The molecule has 4 aliphatic rings. The standard InChI is InChI=1S/C28H29Cl2N5O2.C26H25Cl2N5O2.C26H24Cl2N4O3.C25H22Cl2N4O3/c1-17(26-23(29)15-31-16-24(26)30)37-21-8-9-25-22(14-21)27(33-32-25)18-4-6-19(7-5-18)28(36)35-12-10-20(11-13-35)34(2)3;1-16(24-21(27)14-29-15-22(24)28)35-19-7-8-23-20(13-19)25(31-30-23)17-3-5-18(6-4-17)26(34)33-11-9-32(2)10-12-33;1-15(24-21(27)13-29-14-22(24)28)35-19-6-7-23-20(12-19)25(31-30-23)16-2-4-17(5-3-16)26(34)32-10-8-18(33)9-11-32;1-15(23-20(26)13-28-14-21(23)27)34-18-6-7-22-19(12-18)24(30-29-22)16-2-4-17(5-3-16)25(32)31-8-10-33-11-9-31/h4-9,14-17,20H,10-13H2,1-3H3,(H,32,33);3-8,13-16H,9-12H2,1-2H3,(H,30,31);2-7,12-15,18,33H,8-11H2,1H3,(H,30,31);2-7,12-15H,8-11H2,1H3,(H,29,30). The average molecular weight is 2060 g/mol. The van der Waals surface area contributed by atoms with Crippen molar-refractivity contribution in [1.82, 2.24) is 90.1 Å². The number of benzene rings is 8. The van der Waals surface area contributed by atoms with Crippen molar-refractivity contribution in [3.05, 3.63) is 304 Å². The number of aliphatic hydroxyl groups excluding tert-OH is 1. The van der Waals surface area contributed by atoms with Gasteiger partial charge in [-0.2, -0.15) is 20.4 Å². The number of piperazine rings is 1. The molecule has 4 amide bonds. The van der Waals surface area contributed by atoms with E-state index in [2.05, 4.69) is 91.7 Å². The summed E-state index contributed by atoms with van der Waals surface area (Å²) in [6, 6.07) is 53.6. The largest absolute Gasteiger partial charge is 0.486 e. The second-order valence-electron chi connectivity index (χ2n) is 35.0. The molecule has 8 aromatic heterocycles. The first-order valence-electron chi connectivity index (χ1n) is 46.1. The van der Waals surface area contributed by atoms with Gasteiger partial charge in [0.05, 0.1) is 81.6 Å². The minimum atomic E-state index is -0.382. The molecule has 4 atom stereocenters. The maximum Gasteiger partial charge on any atom is 0.254 e. The van der Waals surface area contributed by atoms with E-state index < -0.39 is 0 Å². The van der Waals surface area contributed by atoms with E-state index in [1.165, 1.54) is 0 Å². The summed E-state index contributed by atoms with van der Waals surface area (Å²) in [7, 11) is 6.27. The number of likely N-dealkylation sites (N-methyl/N-ethyl adjacent to an activating group) is 1. The molecule has 36 heteroatoms. The number of amides is 4. The summed E-state index contributed by atoms with van der Waals surface area (Å²) in [6.45, 7) is 15.9. The lowest BCUT2D eigenvalue weighted by Crippen LogP contribution is -2.47. The monoisotopic (exact) mass is 2050 g/mol. The Hall–Kier alpha value is -12.5. The number of nitrogens with one attached hydrogen (secondary N) is 4. The molecule has 0 bridgehead atoms. The smallest absolute Gasteiger partial charge is 0.254 e. The Balaban J connectivity index is 0.000000130. The lowest BCUT2D eigenvalue weighted by molar-refractivity contribution is 0.0303. The van der Waals surface area contributed by atoms with Crippen molar-refractivity contribution in [3.8, 4) is 68.0 Å². The van der Waals surface area contributed by atoms with E-state index in [1.54, 1.807) is 54.5 Å². The first-order valence-corrected chi connectivity index (χ1v) is 49.1. The molecule has 4 aliphatic heterocycles. The number of ether oxygens (including phenoxy) is 5. The molecule has 8 aromatic carbocycles. The van der Waals surface area contributed by atoms with E-state index in [4.69, 9.17) is 116 Å². The zero-order valence-corrected chi connectivity index (χ0v) is 84.0. The SMILES string of the molecule is CC(Oc1ccc2[nH]nc(-c3ccc(C(=O)N4CCC(N(C)C)CC4)cc3)c2c1)c1c(Cl)cncc1Cl.CC(Oc1ccc2[nH]nc(-c3ccc(C(=O)N4CCC(O)CC4)cc3)c2c1)c1c(Cl)cncc1Cl.CC(Oc1ccc2[nH]nc(-c3ccc(C(=O)N4CCN(C)CC4)cc3)c2c1)c1c(Cl)cncc1Cl.CC(Oc1ccc2[nH]nc(-c3ccc(C(=O)N4CCOCC4)cc3)c2c1)c1c(Cl)cncc1Cl. The quantitative estimate of drug-likeness (QED) is 0.0446. The minimum Gasteiger partial charge on any atom is -0.486 e. The van der Waals surface area contributed by atoms with Crippen LogP contribution in [0.5, 0.6) is 23.0 Å². The molecule has 16 aromatic rings. The zero-order valence-electron chi connectivity index (χ0n) is 78.0. The van der Waals surface area contributed by atoms with Gasteiger partial charge in [-0.3, -0.25) is 59.5 Å². The van der Waals surface area contributed by atoms with Crippen molar-refractivity contribution < 1.29 is 48.0 Å². The van der Waals surface area contributed by atoms with Crippen LogP contribution in [0.2, 0.25) is 40.2 Å². The number of carbonyl (C=O) groups is 4. The maximum absolute atomic E-state index is 13.0. The number of hydrogen-bond acceptors (Lipinski definition) is 20. The van der Waals surface area contributed by atoms with Crippen LogP contribution < -0.4 is 18.9 Å². The number of aliphatic hydroxyl groups is 1. The number of pyridine rings is 4. The van der Waals surface area contributed by atoms with Gasteiger partial charge < -0.3 is 58.2 Å². The number of carbonyl (C=O) groups excluding carboxylic acids is 4. The van der Waals surface area contributed by atoms with E-state index in [0.29, 0.717) is 166 Å². The zero-order chi connectivity index (χ0) is 98.8. The van der Waals surface area contributed by atoms with Crippen LogP contribution >= 0.6 is 92.8 Å². The fraction of sp³-hybridized carbons (Fsp3) is 0.276. The van der Waals surface area contributed by atoms with Crippen LogP contribution in [-0.2, 0) is 4.74 Å². The minimum absolute atomic E-state index is 0.0137. The number of likely N-dealkylation sites (tertiary alicyclic amines) is 2. The molecule has 4 saturated heterocycles. The molecule has 0 radical (unpaired) electrons. The van der Waals surface area contributed by atoms with Gasteiger partial charge in [-0.25, -0.2) is 0 Å². The third kappa shape index (κ3) is 23.3. The van der Waals surface area contributed by atoms with Crippen LogP contribution in [0.3, 0.4) is 0 Å². The highest BCUT2D eigenvalue weighted by Crippen LogP contribution is 2.42. The van der Waals surface area contributed by atoms with Gasteiger partial charge >= 0.3 is 0 Å². The summed E-state index contributed by atoms with van der Waals surface area (Å²) >= 11 is 50.3. The van der Waals surface area contributed by atoms with E-state index in [0.717, 1.165) is 141 Å². The van der Waals surface area contributed by atoms with E-state index in [-0.39, 0.29) is 54.1 Å². The first-order chi connectivity index (χ1) is 68.1. The molecule has 4 unspecified atom stereocenters. The molecule has 0 saturated carbocycles. The second kappa shape index (κ2) is 45.2. The molecule has 20 rings (SSSR count). The summed E-state index contributed by atoms with van der Waals surface area (Å²) in [6.07, 6.45) is 13.8. The maximum atomic E-state index is 13.0. The summed E-state index contributed by atoms with van der Waals surface area (Å²) in [5, 5.41) is 47.3. The van der Waals surface area contributed by atoms with Gasteiger partial charge in [-0.1, -0.05) is 141 Å². The van der Waals surface area contributed by atoms with Gasteiger partial charge in [-0.05, 0) is 196 Å². The Bertz CT molecular complexity index is 6880. The molecule has 141 heavy (non-hydrogen) atoms. The van der Waals surface area contributed by atoms with Crippen molar-refractivity contribution in [2.45, 2.75) is 89.9 Å². The molecular weight excluding hydrogens is 1960 g/mol.